The van der Waals surface area contributed by atoms with Crippen LogP contribution < -0.4 is 9.62 Å². The van der Waals surface area contributed by atoms with Crippen LogP contribution in [0.3, 0.4) is 0 Å². The van der Waals surface area contributed by atoms with E-state index >= 15 is 0 Å². The van der Waals surface area contributed by atoms with Gasteiger partial charge in [0.15, 0.2) is 0 Å². The Morgan fingerprint density at radius 1 is 0.929 bits per heavy atom. The molecule has 224 valence electrons. The summed E-state index contributed by atoms with van der Waals surface area (Å²) < 4.78 is 29.1. The first kappa shape index (κ1) is 32.1. The highest BCUT2D eigenvalue weighted by atomic mass is 35.5. The Kier molecular flexibility index (Phi) is 10.5. The molecule has 0 heterocycles. The van der Waals surface area contributed by atoms with E-state index in [9.17, 15) is 18.0 Å². The van der Waals surface area contributed by atoms with Crippen LogP contribution in [0.2, 0.25) is 15.1 Å². The summed E-state index contributed by atoms with van der Waals surface area (Å²) in [6, 6.07) is 15.3. The van der Waals surface area contributed by atoms with Crippen molar-refractivity contribution in [2.75, 3.05) is 10.8 Å². The van der Waals surface area contributed by atoms with E-state index in [1.165, 1.54) is 23.1 Å². The molecule has 1 aliphatic carbocycles. The van der Waals surface area contributed by atoms with Gasteiger partial charge in [-0.05, 0) is 81.1 Å². The van der Waals surface area contributed by atoms with Crippen molar-refractivity contribution in [2.45, 2.75) is 70.0 Å². The highest BCUT2D eigenvalue weighted by molar-refractivity contribution is 7.92. The molecule has 42 heavy (non-hydrogen) atoms. The van der Waals surface area contributed by atoms with Crippen molar-refractivity contribution in [3.63, 3.8) is 0 Å². The summed E-state index contributed by atoms with van der Waals surface area (Å²) in [6.45, 7) is 4.65. The first-order valence-electron chi connectivity index (χ1n) is 13.8. The minimum atomic E-state index is -4.21. The molecule has 3 aromatic carbocycles. The number of carbonyl (C=O) groups excluding carboxylic acids is 2. The number of hydrogen-bond donors (Lipinski definition) is 1. The third-order valence-corrected chi connectivity index (χ3v) is 10.1. The van der Waals surface area contributed by atoms with Crippen LogP contribution in [0.25, 0.3) is 0 Å². The van der Waals surface area contributed by atoms with Crippen LogP contribution in [0.15, 0.2) is 65.6 Å². The first-order chi connectivity index (χ1) is 19.9. The van der Waals surface area contributed by atoms with Crippen molar-refractivity contribution in [2.24, 2.45) is 0 Å². The van der Waals surface area contributed by atoms with Crippen molar-refractivity contribution in [1.82, 2.24) is 10.2 Å². The lowest BCUT2D eigenvalue weighted by molar-refractivity contribution is -0.139. The summed E-state index contributed by atoms with van der Waals surface area (Å²) >= 11 is 18.8. The first-order valence-corrected chi connectivity index (χ1v) is 16.3. The maximum absolute atomic E-state index is 14.2. The number of rotatable bonds is 10. The smallest absolute Gasteiger partial charge is 0.264 e. The van der Waals surface area contributed by atoms with E-state index in [4.69, 9.17) is 34.8 Å². The second kappa shape index (κ2) is 13.7. The van der Waals surface area contributed by atoms with E-state index in [1.807, 2.05) is 6.92 Å². The zero-order valence-electron chi connectivity index (χ0n) is 23.7. The number of nitrogens with zero attached hydrogens (tertiary/aromatic N) is 2. The number of halogens is 3. The van der Waals surface area contributed by atoms with E-state index in [0.717, 1.165) is 35.6 Å². The minimum Gasteiger partial charge on any atom is -0.352 e. The zero-order chi connectivity index (χ0) is 30.6. The molecule has 0 bridgehead atoms. The van der Waals surface area contributed by atoms with Gasteiger partial charge in [0.2, 0.25) is 11.8 Å². The minimum absolute atomic E-state index is 0.0267. The average molecular weight is 651 g/mol. The Labute approximate surface area is 262 Å². The number of nitrogens with one attached hydrogen (secondary N) is 1. The van der Waals surface area contributed by atoms with Gasteiger partial charge >= 0.3 is 0 Å². The topological polar surface area (TPSA) is 86.8 Å². The van der Waals surface area contributed by atoms with Gasteiger partial charge in [-0.1, -0.05) is 77.5 Å². The van der Waals surface area contributed by atoms with Crippen molar-refractivity contribution in [3.05, 3.63) is 92.4 Å². The molecule has 0 radical (unpaired) electrons. The Morgan fingerprint density at radius 3 is 2.19 bits per heavy atom. The van der Waals surface area contributed by atoms with Crippen LogP contribution in [0.1, 0.15) is 49.3 Å². The normalized spacial score (nSPS) is 14.4. The summed E-state index contributed by atoms with van der Waals surface area (Å²) in [5, 5.41) is 4.13. The number of carbonyl (C=O) groups is 2. The Bertz CT molecular complexity index is 1560. The molecule has 3 aromatic rings. The van der Waals surface area contributed by atoms with Gasteiger partial charge < -0.3 is 10.2 Å². The van der Waals surface area contributed by atoms with Gasteiger partial charge in [0, 0.05) is 27.7 Å². The second-order valence-electron chi connectivity index (χ2n) is 10.7. The number of aryl methyl sites for hydroxylation is 2. The highest BCUT2D eigenvalue weighted by Gasteiger charge is 2.34. The molecule has 1 saturated carbocycles. The molecule has 0 unspecified atom stereocenters. The standard InChI is InChI=1S/C31H34Cl3N3O4S/c1-20-8-14-27(15-9-20)42(40,41)37(29-17-25(33)12-10-21(29)2)19-30(38)36(18-23-11-13-24(32)16-28(23)34)22(3)31(39)35-26-6-4-5-7-26/h8-17,22,26H,4-7,18-19H2,1-3H3,(H,35,39)/t22-/m0/s1. The Hall–Kier alpha value is -2.78. The Morgan fingerprint density at radius 2 is 1.55 bits per heavy atom. The van der Waals surface area contributed by atoms with Crippen molar-refractivity contribution < 1.29 is 18.0 Å². The van der Waals surface area contributed by atoms with Gasteiger partial charge in [-0.2, -0.15) is 0 Å². The van der Waals surface area contributed by atoms with Gasteiger partial charge in [-0.3, -0.25) is 13.9 Å². The largest absolute Gasteiger partial charge is 0.352 e. The summed E-state index contributed by atoms with van der Waals surface area (Å²) in [5.41, 5.74) is 2.34. The molecule has 1 atom stereocenters. The van der Waals surface area contributed by atoms with Gasteiger partial charge in [-0.25, -0.2) is 8.42 Å². The van der Waals surface area contributed by atoms with E-state index in [2.05, 4.69) is 5.32 Å². The fourth-order valence-corrected chi connectivity index (χ4v) is 7.12. The molecule has 0 aliphatic heterocycles. The highest BCUT2D eigenvalue weighted by Crippen LogP contribution is 2.31. The fraction of sp³-hybridized carbons (Fsp3) is 0.355. The molecule has 1 fully saturated rings. The van der Waals surface area contributed by atoms with Gasteiger partial charge in [0.05, 0.1) is 10.6 Å². The summed E-state index contributed by atoms with van der Waals surface area (Å²) in [4.78, 5) is 28.9. The number of benzene rings is 3. The van der Waals surface area contributed by atoms with E-state index in [0.29, 0.717) is 26.2 Å². The van der Waals surface area contributed by atoms with Crippen LogP contribution in [-0.2, 0) is 26.2 Å². The van der Waals surface area contributed by atoms with Crippen LogP contribution in [0, 0.1) is 13.8 Å². The quantitative estimate of drug-likeness (QED) is 0.258. The number of hydrogen-bond acceptors (Lipinski definition) is 4. The monoisotopic (exact) mass is 649 g/mol. The van der Waals surface area contributed by atoms with Gasteiger partial charge in [0.1, 0.15) is 12.6 Å². The number of amides is 2. The molecule has 4 rings (SSSR count). The van der Waals surface area contributed by atoms with Crippen LogP contribution in [-0.4, -0.2) is 43.8 Å². The van der Waals surface area contributed by atoms with Crippen molar-refractivity contribution >= 4 is 62.3 Å². The van der Waals surface area contributed by atoms with E-state index < -0.39 is 28.5 Å². The van der Waals surface area contributed by atoms with Crippen LogP contribution in [0.5, 0.6) is 0 Å². The van der Waals surface area contributed by atoms with Crippen LogP contribution >= 0.6 is 34.8 Å². The van der Waals surface area contributed by atoms with Crippen molar-refractivity contribution in [3.8, 4) is 0 Å². The van der Waals surface area contributed by atoms with E-state index in [1.54, 1.807) is 56.3 Å². The predicted molar refractivity (Wildman–Crippen MR) is 169 cm³/mol. The average Bonchev–Trinajstić information content (AvgIpc) is 3.45. The summed E-state index contributed by atoms with van der Waals surface area (Å²) in [7, 11) is -4.21. The molecule has 0 aromatic heterocycles. The lowest BCUT2D eigenvalue weighted by Crippen LogP contribution is -2.52. The molecule has 1 aliphatic rings. The summed E-state index contributed by atoms with van der Waals surface area (Å²) in [5.74, 6) is -0.891. The zero-order valence-corrected chi connectivity index (χ0v) is 26.8. The van der Waals surface area contributed by atoms with E-state index in [-0.39, 0.29) is 29.1 Å². The number of sulfonamides is 1. The third-order valence-electron chi connectivity index (χ3n) is 7.55. The van der Waals surface area contributed by atoms with Crippen molar-refractivity contribution in [1.29, 1.82) is 0 Å². The molecule has 11 heteroatoms. The van der Waals surface area contributed by atoms with Crippen LogP contribution in [0.4, 0.5) is 5.69 Å². The number of anilines is 1. The Balaban J connectivity index is 1.73. The molecule has 7 nitrogen and oxygen atoms in total. The maximum atomic E-state index is 14.2. The maximum Gasteiger partial charge on any atom is 0.264 e. The molecular weight excluding hydrogens is 617 g/mol. The second-order valence-corrected chi connectivity index (χ2v) is 13.8. The molecular formula is C31H34Cl3N3O4S. The van der Waals surface area contributed by atoms with Gasteiger partial charge in [0.25, 0.3) is 10.0 Å². The van der Waals surface area contributed by atoms with Gasteiger partial charge in [-0.15, -0.1) is 0 Å². The third kappa shape index (κ3) is 7.59. The summed E-state index contributed by atoms with van der Waals surface area (Å²) in [6.07, 6.45) is 3.83. The SMILES string of the molecule is Cc1ccc(S(=O)(=O)N(CC(=O)N(Cc2ccc(Cl)cc2Cl)[C@@H](C)C(=O)NC2CCCC2)c2cc(Cl)ccc2C)cc1. The predicted octanol–water partition coefficient (Wildman–Crippen LogP) is 6.94. The molecule has 1 N–H and O–H groups in total. The lowest BCUT2D eigenvalue weighted by atomic mass is 10.1. The molecule has 2 amide bonds. The fourth-order valence-electron chi connectivity index (χ4n) is 5.01. The lowest BCUT2D eigenvalue weighted by Gasteiger charge is -2.33. The molecule has 0 spiro atoms. The molecule has 0 saturated heterocycles.